The summed E-state index contributed by atoms with van der Waals surface area (Å²) in [7, 11) is 0. The summed E-state index contributed by atoms with van der Waals surface area (Å²) in [5.74, 6) is -3.19. The van der Waals surface area contributed by atoms with Crippen molar-refractivity contribution in [2.75, 3.05) is 0 Å². The number of rotatable bonds is 4. The van der Waals surface area contributed by atoms with Crippen molar-refractivity contribution in [3.8, 4) is 5.75 Å². The number of benzene rings is 1. The van der Waals surface area contributed by atoms with E-state index in [1.54, 1.807) is 0 Å². The Morgan fingerprint density at radius 1 is 0.952 bits per heavy atom. The van der Waals surface area contributed by atoms with E-state index in [9.17, 15) is 26.3 Å². The largest absolute Gasteiger partial charge is 0.490 e. The summed E-state index contributed by atoms with van der Waals surface area (Å²) in [6.07, 6.45) is -9.04. The third-order valence-corrected chi connectivity index (χ3v) is 3.16. The molecular weight excluding hydrogens is 300 g/mol. The SMILES string of the molecule is NC(c1ccc(OC2CC2)cc1)C(C(F)(F)F)C(F)(F)F. The van der Waals surface area contributed by atoms with Crippen LogP contribution in [0.15, 0.2) is 24.3 Å². The maximum atomic E-state index is 12.6. The Bertz CT molecular complexity index is 463. The molecule has 0 saturated heterocycles. The van der Waals surface area contributed by atoms with Crippen LogP contribution in [0.25, 0.3) is 0 Å². The maximum absolute atomic E-state index is 12.6. The van der Waals surface area contributed by atoms with Crippen LogP contribution in [0.2, 0.25) is 0 Å². The molecule has 0 radical (unpaired) electrons. The highest BCUT2D eigenvalue weighted by molar-refractivity contribution is 5.30. The predicted octanol–water partition coefficient (Wildman–Crippen LogP) is 3.97. The molecule has 8 heteroatoms. The first-order valence-corrected chi connectivity index (χ1v) is 6.24. The minimum Gasteiger partial charge on any atom is -0.490 e. The predicted molar refractivity (Wildman–Crippen MR) is 62.6 cm³/mol. The summed E-state index contributed by atoms with van der Waals surface area (Å²) in [6.45, 7) is 0. The number of hydrogen-bond donors (Lipinski definition) is 1. The van der Waals surface area contributed by atoms with Gasteiger partial charge in [0.25, 0.3) is 0 Å². The molecule has 0 amide bonds. The lowest BCUT2D eigenvalue weighted by Gasteiger charge is -2.28. The number of hydrogen-bond acceptors (Lipinski definition) is 2. The normalized spacial score (nSPS) is 17.9. The van der Waals surface area contributed by atoms with Crippen LogP contribution in [0.4, 0.5) is 26.3 Å². The summed E-state index contributed by atoms with van der Waals surface area (Å²) in [5.41, 5.74) is 4.96. The van der Waals surface area contributed by atoms with Gasteiger partial charge in [-0.15, -0.1) is 0 Å². The average molecular weight is 313 g/mol. The molecule has 0 heterocycles. The summed E-state index contributed by atoms with van der Waals surface area (Å²) in [5, 5.41) is 0. The molecule has 1 aromatic carbocycles. The van der Waals surface area contributed by atoms with Gasteiger partial charge in [0, 0.05) is 0 Å². The van der Waals surface area contributed by atoms with Crippen molar-refractivity contribution in [2.45, 2.75) is 37.3 Å². The second kappa shape index (κ2) is 5.40. The fraction of sp³-hybridized carbons (Fsp3) is 0.538. The van der Waals surface area contributed by atoms with E-state index in [2.05, 4.69) is 0 Å². The lowest BCUT2D eigenvalue weighted by molar-refractivity contribution is -0.290. The average Bonchev–Trinajstić information content (AvgIpc) is 3.10. The van der Waals surface area contributed by atoms with E-state index >= 15 is 0 Å². The molecule has 1 fully saturated rings. The van der Waals surface area contributed by atoms with Gasteiger partial charge in [0.2, 0.25) is 0 Å². The molecule has 2 rings (SSSR count). The molecule has 21 heavy (non-hydrogen) atoms. The van der Waals surface area contributed by atoms with Crippen LogP contribution in [0.5, 0.6) is 5.75 Å². The molecule has 1 aromatic rings. The summed E-state index contributed by atoms with van der Waals surface area (Å²) >= 11 is 0. The zero-order chi connectivity index (χ0) is 15.8. The Kier molecular flexibility index (Phi) is 4.10. The first kappa shape index (κ1) is 15.9. The van der Waals surface area contributed by atoms with Gasteiger partial charge in [-0.2, -0.15) is 26.3 Å². The topological polar surface area (TPSA) is 35.2 Å². The van der Waals surface area contributed by atoms with E-state index in [0.29, 0.717) is 5.75 Å². The highest BCUT2D eigenvalue weighted by Gasteiger charge is 2.59. The monoisotopic (exact) mass is 313 g/mol. The van der Waals surface area contributed by atoms with Gasteiger partial charge < -0.3 is 10.5 Å². The molecule has 118 valence electrons. The lowest BCUT2D eigenvalue weighted by Crippen LogP contribution is -2.43. The zero-order valence-corrected chi connectivity index (χ0v) is 10.7. The van der Waals surface area contributed by atoms with Crippen LogP contribution in [0.1, 0.15) is 24.4 Å². The van der Waals surface area contributed by atoms with Crippen molar-refractivity contribution >= 4 is 0 Å². The van der Waals surface area contributed by atoms with E-state index in [4.69, 9.17) is 10.5 Å². The van der Waals surface area contributed by atoms with Gasteiger partial charge in [-0.05, 0) is 30.5 Å². The minimum absolute atomic E-state index is 0.0858. The molecule has 0 aromatic heterocycles. The van der Waals surface area contributed by atoms with Crippen LogP contribution in [0, 0.1) is 5.92 Å². The number of halogens is 6. The van der Waals surface area contributed by atoms with Crippen molar-refractivity contribution < 1.29 is 31.1 Å². The van der Waals surface area contributed by atoms with E-state index in [1.807, 2.05) is 0 Å². The summed E-state index contributed by atoms with van der Waals surface area (Å²) in [6, 6.07) is 2.72. The molecular formula is C13H13F6NO. The van der Waals surface area contributed by atoms with Crippen LogP contribution < -0.4 is 10.5 Å². The Morgan fingerprint density at radius 2 is 1.43 bits per heavy atom. The van der Waals surface area contributed by atoms with Crippen LogP contribution in [-0.4, -0.2) is 18.5 Å². The fourth-order valence-corrected chi connectivity index (χ4v) is 1.93. The Hall–Kier alpha value is -1.44. The Labute approximate surface area is 116 Å². The third-order valence-electron chi connectivity index (χ3n) is 3.16. The molecule has 0 aliphatic heterocycles. The Morgan fingerprint density at radius 3 is 1.81 bits per heavy atom. The number of ether oxygens (including phenoxy) is 1. The fourth-order valence-electron chi connectivity index (χ4n) is 1.93. The van der Waals surface area contributed by atoms with E-state index < -0.39 is 24.3 Å². The number of alkyl halides is 6. The van der Waals surface area contributed by atoms with Crippen LogP contribution in [0.3, 0.4) is 0 Å². The van der Waals surface area contributed by atoms with Gasteiger partial charge >= 0.3 is 12.4 Å². The molecule has 1 aliphatic carbocycles. The van der Waals surface area contributed by atoms with Gasteiger partial charge in [-0.1, -0.05) is 12.1 Å². The summed E-state index contributed by atoms with van der Waals surface area (Å²) in [4.78, 5) is 0. The highest BCUT2D eigenvalue weighted by Crippen LogP contribution is 2.45. The molecule has 1 unspecified atom stereocenters. The van der Waals surface area contributed by atoms with Crippen molar-refractivity contribution in [1.82, 2.24) is 0 Å². The van der Waals surface area contributed by atoms with Gasteiger partial charge in [0.1, 0.15) is 5.75 Å². The van der Waals surface area contributed by atoms with Gasteiger partial charge in [0.15, 0.2) is 5.92 Å². The second-order valence-electron chi connectivity index (χ2n) is 4.97. The first-order valence-electron chi connectivity index (χ1n) is 6.24. The van der Waals surface area contributed by atoms with Crippen LogP contribution in [-0.2, 0) is 0 Å². The van der Waals surface area contributed by atoms with Crippen molar-refractivity contribution in [3.05, 3.63) is 29.8 Å². The van der Waals surface area contributed by atoms with E-state index in [1.165, 1.54) is 12.1 Å². The highest BCUT2D eigenvalue weighted by atomic mass is 19.4. The van der Waals surface area contributed by atoms with E-state index in [0.717, 1.165) is 25.0 Å². The second-order valence-corrected chi connectivity index (χ2v) is 4.97. The van der Waals surface area contributed by atoms with Crippen molar-refractivity contribution in [2.24, 2.45) is 11.7 Å². The Balaban J connectivity index is 2.17. The third kappa shape index (κ3) is 4.03. The van der Waals surface area contributed by atoms with Crippen LogP contribution >= 0.6 is 0 Å². The summed E-state index contributed by atoms with van der Waals surface area (Å²) < 4.78 is 80.9. The number of nitrogens with two attached hydrogens (primary N) is 1. The lowest BCUT2D eigenvalue weighted by atomic mass is 9.92. The molecule has 2 nitrogen and oxygen atoms in total. The quantitative estimate of drug-likeness (QED) is 0.854. The maximum Gasteiger partial charge on any atom is 0.402 e. The van der Waals surface area contributed by atoms with Gasteiger partial charge in [0.05, 0.1) is 12.1 Å². The minimum atomic E-state index is -5.46. The molecule has 2 N–H and O–H groups in total. The van der Waals surface area contributed by atoms with Gasteiger partial charge in [-0.3, -0.25) is 0 Å². The van der Waals surface area contributed by atoms with Crippen molar-refractivity contribution in [1.29, 1.82) is 0 Å². The van der Waals surface area contributed by atoms with Crippen molar-refractivity contribution in [3.63, 3.8) is 0 Å². The van der Waals surface area contributed by atoms with E-state index in [-0.39, 0.29) is 11.7 Å². The van der Waals surface area contributed by atoms with Gasteiger partial charge in [-0.25, -0.2) is 0 Å². The molecule has 1 aliphatic rings. The molecule has 1 atom stereocenters. The standard InChI is InChI=1S/C13H13F6NO/c14-12(15,16)11(13(17,18)19)10(20)7-1-3-8(4-2-7)21-9-5-6-9/h1-4,9-11H,5-6,20H2. The molecule has 1 saturated carbocycles. The zero-order valence-electron chi connectivity index (χ0n) is 10.7. The molecule has 0 bridgehead atoms. The smallest absolute Gasteiger partial charge is 0.402 e. The first-order chi connectivity index (χ1) is 9.59. The molecule has 0 spiro atoms.